The fourth-order valence-corrected chi connectivity index (χ4v) is 4.51. The van der Waals surface area contributed by atoms with Gasteiger partial charge in [-0.25, -0.2) is 4.98 Å². The van der Waals surface area contributed by atoms with Crippen molar-refractivity contribution in [2.45, 2.75) is 50.2 Å². The number of hydrogen-bond donors (Lipinski definition) is 2. The first kappa shape index (κ1) is 26.0. The molecule has 0 bridgehead atoms. The molecule has 0 saturated carbocycles. The number of aromatic nitrogens is 3. The highest BCUT2D eigenvalue weighted by Gasteiger charge is 2.52. The molecule has 0 aliphatic carbocycles. The zero-order chi connectivity index (χ0) is 26.9. The summed E-state index contributed by atoms with van der Waals surface area (Å²) in [5.41, 5.74) is 1.03. The van der Waals surface area contributed by atoms with E-state index >= 15 is 0 Å². The van der Waals surface area contributed by atoms with Crippen LogP contribution in [0.2, 0.25) is 0 Å². The lowest BCUT2D eigenvalue weighted by Crippen LogP contribution is -2.57. The summed E-state index contributed by atoms with van der Waals surface area (Å²) in [4.78, 5) is 24.3. The van der Waals surface area contributed by atoms with Gasteiger partial charge in [0.05, 0.1) is 25.0 Å². The molecule has 38 heavy (non-hydrogen) atoms. The SMILES string of the molecule is CC1(C)O[C@@H]2[C@H](O1)[C@@H](Nc1cncc(C(F)(F)F)n1)CO[C@@H]2CNC(=O)c1ccc(-c2ccccc2)cn1. The minimum absolute atomic E-state index is 0.0581. The van der Waals surface area contributed by atoms with Crippen molar-refractivity contribution in [1.29, 1.82) is 0 Å². The van der Waals surface area contributed by atoms with Gasteiger partial charge in [0.1, 0.15) is 29.8 Å². The Morgan fingerprint density at radius 1 is 1.03 bits per heavy atom. The van der Waals surface area contributed by atoms with E-state index in [-0.39, 0.29) is 30.6 Å². The summed E-state index contributed by atoms with van der Waals surface area (Å²) in [7, 11) is 0. The Labute approximate surface area is 216 Å². The fourth-order valence-electron chi connectivity index (χ4n) is 4.51. The largest absolute Gasteiger partial charge is 0.434 e. The number of carbonyl (C=O) groups is 1. The number of anilines is 1. The van der Waals surface area contributed by atoms with E-state index in [0.29, 0.717) is 6.20 Å². The highest BCUT2D eigenvalue weighted by Crippen LogP contribution is 2.36. The second-order valence-corrected chi connectivity index (χ2v) is 9.48. The third-order valence-electron chi connectivity index (χ3n) is 6.24. The molecule has 0 radical (unpaired) electrons. The molecule has 2 aromatic heterocycles. The number of amides is 1. The Hall–Kier alpha value is -3.61. The van der Waals surface area contributed by atoms with Gasteiger partial charge in [0, 0.05) is 18.3 Å². The molecule has 0 spiro atoms. The van der Waals surface area contributed by atoms with Gasteiger partial charge in [-0.1, -0.05) is 36.4 Å². The zero-order valence-electron chi connectivity index (χ0n) is 20.6. The van der Waals surface area contributed by atoms with Crippen LogP contribution in [0.5, 0.6) is 0 Å². The molecule has 4 atom stereocenters. The molecule has 9 nitrogen and oxygen atoms in total. The summed E-state index contributed by atoms with van der Waals surface area (Å²) in [5.74, 6) is -1.39. The molecule has 4 heterocycles. The second-order valence-electron chi connectivity index (χ2n) is 9.48. The van der Waals surface area contributed by atoms with E-state index in [2.05, 4.69) is 25.6 Å². The number of nitrogens with one attached hydrogen (secondary N) is 2. The molecule has 0 unspecified atom stereocenters. The lowest BCUT2D eigenvalue weighted by Gasteiger charge is -2.37. The summed E-state index contributed by atoms with van der Waals surface area (Å²) in [6.07, 6.45) is -2.84. The molecule has 2 fully saturated rings. The van der Waals surface area contributed by atoms with Crippen LogP contribution in [-0.2, 0) is 20.4 Å². The first-order valence-electron chi connectivity index (χ1n) is 12.0. The number of alkyl halides is 3. The maximum Gasteiger partial charge on any atom is 0.434 e. The molecule has 1 aromatic carbocycles. The number of ether oxygens (including phenoxy) is 3. The molecule has 200 valence electrons. The highest BCUT2D eigenvalue weighted by molar-refractivity contribution is 5.92. The maximum absolute atomic E-state index is 13.0. The number of rotatable bonds is 6. The van der Waals surface area contributed by atoms with Crippen molar-refractivity contribution < 1.29 is 32.2 Å². The smallest absolute Gasteiger partial charge is 0.371 e. The minimum atomic E-state index is -4.62. The van der Waals surface area contributed by atoms with Gasteiger partial charge in [0.2, 0.25) is 0 Å². The Morgan fingerprint density at radius 3 is 2.50 bits per heavy atom. The maximum atomic E-state index is 13.0. The quantitative estimate of drug-likeness (QED) is 0.498. The third-order valence-corrected chi connectivity index (χ3v) is 6.24. The average Bonchev–Trinajstić information content (AvgIpc) is 3.24. The fraction of sp³-hybridized carbons (Fsp3) is 0.385. The number of carbonyl (C=O) groups excluding carboxylic acids is 1. The van der Waals surface area contributed by atoms with E-state index in [1.807, 2.05) is 36.4 Å². The summed E-state index contributed by atoms with van der Waals surface area (Å²) < 4.78 is 57.2. The summed E-state index contributed by atoms with van der Waals surface area (Å²) in [6, 6.07) is 12.6. The number of fused-ring (bicyclic) bond motifs is 1. The van der Waals surface area contributed by atoms with Crippen molar-refractivity contribution in [1.82, 2.24) is 20.3 Å². The van der Waals surface area contributed by atoms with Crippen molar-refractivity contribution in [2.24, 2.45) is 0 Å². The van der Waals surface area contributed by atoms with Crippen molar-refractivity contribution in [3.8, 4) is 11.1 Å². The molecule has 3 aromatic rings. The topological polar surface area (TPSA) is 107 Å². The number of pyridine rings is 1. The van der Waals surface area contributed by atoms with Crippen molar-refractivity contribution in [3.05, 3.63) is 72.4 Å². The molecule has 12 heteroatoms. The number of benzene rings is 1. The van der Waals surface area contributed by atoms with Crippen LogP contribution in [0.4, 0.5) is 19.0 Å². The van der Waals surface area contributed by atoms with E-state index in [1.165, 1.54) is 6.20 Å². The van der Waals surface area contributed by atoms with Crippen LogP contribution in [0.25, 0.3) is 11.1 Å². The Balaban J connectivity index is 1.23. The number of hydrogen-bond acceptors (Lipinski definition) is 8. The van der Waals surface area contributed by atoms with Crippen LogP contribution in [0.1, 0.15) is 30.0 Å². The lowest BCUT2D eigenvalue weighted by atomic mass is 9.98. The highest BCUT2D eigenvalue weighted by atomic mass is 19.4. The predicted molar refractivity (Wildman–Crippen MR) is 130 cm³/mol. The first-order valence-corrected chi connectivity index (χ1v) is 12.0. The number of nitrogens with zero attached hydrogens (tertiary/aromatic N) is 3. The molecule has 2 aliphatic rings. The predicted octanol–water partition coefficient (Wildman–Crippen LogP) is 3.69. The Bertz CT molecular complexity index is 1270. The van der Waals surface area contributed by atoms with Crippen LogP contribution < -0.4 is 10.6 Å². The van der Waals surface area contributed by atoms with E-state index in [9.17, 15) is 18.0 Å². The van der Waals surface area contributed by atoms with Gasteiger partial charge in [0.15, 0.2) is 11.5 Å². The van der Waals surface area contributed by atoms with Gasteiger partial charge in [-0.3, -0.25) is 14.8 Å². The summed E-state index contributed by atoms with van der Waals surface area (Å²) >= 11 is 0. The molecule has 2 saturated heterocycles. The van der Waals surface area contributed by atoms with Crippen LogP contribution in [0, 0.1) is 0 Å². The lowest BCUT2D eigenvalue weighted by molar-refractivity contribution is -0.153. The zero-order valence-corrected chi connectivity index (χ0v) is 20.6. The van der Waals surface area contributed by atoms with E-state index in [1.54, 1.807) is 26.1 Å². The van der Waals surface area contributed by atoms with Gasteiger partial charge in [-0.05, 0) is 25.5 Å². The van der Waals surface area contributed by atoms with Crippen molar-refractivity contribution >= 4 is 11.7 Å². The molecule has 1 amide bonds. The summed E-state index contributed by atoms with van der Waals surface area (Å²) in [5, 5.41) is 5.76. The molecular weight excluding hydrogens is 503 g/mol. The van der Waals surface area contributed by atoms with Crippen LogP contribution in [0.3, 0.4) is 0 Å². The summed E-state index contributed by atoms with van der Waals surface area (Å²) in [6.45, 7) is 3.68. The number of halogens is 3. The normalized spacial score (nSPS) is 24.4. The first-order chi connectivity index (χ1) is 18.1. The minimum Gasteiger partial charge on any atom is -0.371 e. The Kier molecular flexibility index (Phi) is 7.03. The van der Waals surface area contributed by atoms with Crippen molar-refractivity contribution in [3.63, 3.8) is 0 Å². The standard InChI is InChI=1S/C26H26F3N5O4/c1-25(2)37-22-18(33-21-13-30-12-20(34-21)26(27,28)29)14-36-19(23(22)38-25)11-32-24(35)17-9-8-16(10-31-17)15-6-4-3-5-7-15/h3-10,12-13,18-19,22-23H,11,14H2,1-2H3,(H,32,35)(H,33,34)/t18-,19+,22+,23-/m0/s1. The monoisotopic (exact) mass is 529 g/mol. The second kappa shape index (κ2) is 10.3. The third kappa shape index (κ3) is 5.77. The van der Waals surface area contributed by atoms with Gasteiger partial charge in [0.25, 0.3) is 5.91 Å². The van der Waals surface area contributed by atoms with E-state index in [4.69, 9.17) is 14.2 Å². The molecule has 5 rings (SSSR count). The van der Waals surface area contributed by atoms with Crippen LogP contribution in [-0.4, -0.2) is 64.2 Å². The molecule has 2 N–H and O–H groups in total. The van der Waals surface area contributed by atoms with Gasteiger partial charge in [-0.15, -0.1) is 0 Å². The van der Waals surface area contributed by atoms with Gasteiger partial charge >= 0.3 is 6.18 Å². The van der Waals surface area contributed by atoms with E-state index in [0.717, 1.165) is 11.1 Å². The molecular formula is C26H26F3N5O4. The van der Waals surface area contributed by atoms with Gasteiger partial charge < -0.3 is 24.8 Å². The van der Waals surface area contributed by atoms with Crippen molar-refractivity contribution in [2.75, 3.05) is 18.5 Å². The van der Waals surface area contributed by atoms with Gasteiger partial charge in [-0.2, -0.15) is 13.2 Å². The average molecular weight is 530 g/mol. The Morgan fingerprint density at radius 2 is 1.79 bits per heavy atom. The molecule has 2 aliphatic heterocycles. The van der Waals surface area contributed by atoms with Crippen LogP contribution in [0.15, 0.2) is 61.1 Å². The van der Waals surface area contributed by atoms with Crippen LogP contribution >= 0.6 is 0 Å². The van der Waals surface area contributed by atoms with E-state index < -0.39 is 42.0 Å².